The summed E-state index contributed by atoms with van der Waals surface area (Å²) in [6, 6.07) is 1.67. The van der Waals surface area contributed by atoms with Crippen molar-refractivity contribution >= 4 is 11.7 Å². The van der Waals surface area contributed by atoms with E-state index in [0.29, 0.717) is 12.8 Å². The molecule has 7 nitrogen and oxygen atoms in total. The Bertz CT molecular complexity index is 1240. The van der Waals surface area contributed by atoms with Gasteiger partial charge in [0.1, 0.15) is 5.82 Å². The highest BCUT2D eigenvalue weighted by Gasteiger charge is 2.88. The summed E-state index contributed by atoms with van der Waals surface area (Å²) in [6.45, 7) is 0. The Labute approximate surface area is 194 Å². The normalized spacial score (nSPS) is 33.7. The van der Waals surface area contributed by atoms with E-state index in [-0.39, 0.29) is 35.8 Å². The molecule has 2 bridgehead atoms. The van der Waals surface area contributed by atoms with Gasteiger partial charge in [-0.2, -0.15) is 31.4 Å². The van der Waals surface area contributed by atoms with Gasteiger partial charge in [0, 0.05) is 42.3 Å². The number of hydrogen-bond acceptors (Lipinski definition) is 5. The van der Waals surface area contributed by atoms with Crippen LogP contribution < -0.4 is 5.32 Å². The summed E-state index contributed by atoms with van der Waals surface area (Å²) >= 11 is 0. The Morgan fingerprint density at radius 2 is 1.91 bits per heavy atom. The number of alkyl halides is 6. The number of carbonyl (C=O) groups excluding carboxylic acids is 1. The number of carbonyl (C=O) groups is 1. The van der Waals surface area contributed by atoms with Crippen LogP contribution in [0.3, 0.4) is 0 Å². The Hall–Kier alpha value is -2.67. The summed E-state index contributed by atoms with van der Waals surface area (Å²) in [5.41, 5.74) is -5.18. The van der Waals surface area contributed by atoms with Crippen LogP contribution in [0.25, 0.3) is 0 Å². The molecule has 4 heterocycles. The summed E-state index contributed by atoms with van der Waals surface area (Å²) in [6.07, 6.45) is -10.0. The molecule has 6 rings (SSSR count). The summed E-state index contributed by atoms with van der Waals surface area (Å²) in [4.78, 5) is 17.8. The number of halogens is 6. The lowest BCUT2D eigenvalue weighted by molar-refractivity contribution is -0.143. The van der Waals surface area contributed by atoms with Crippen LogP contribution in [0.5, 0.6) is 0 Å². The van der Waals surface area contributed by atoms with Crippen molar-refractivity contribution in [2.45, 2.75) is 67.7 Å². The van der Waals surface area contributed by atoms with Gasteiger partial charge in [-0.25, -0.2) is 4.98 Å². The molecule has 2 N–H and O–H groups in total. The number of aliphatic hydroxyl groups excluding tert-OH is 1. The summed E-state index contributed by atoms with van der Waals surface area (Å²) < 4.78 is 88.5. The topological polar surface area (TPSA) is 89.3 Å². The number of nitrogens with one attached hydrogen (secondary N) is 1. The highest BCUT2D eigenvalue weighted by atomic mass is 19.4. The molecule has 2 saturated carbocycles. The van der Waals surface area contributed by atoms with Crippen molar-refractivity contribution in [1.29, 1.82) is 0 Å². The van der Waals surface area contributed by atoms with E-state index >= 15 is 0 Å². The molecule has 13 heteroatoms. The van der Waals surface area contributed by atoms with Crippen molar-refractivity contribution in [3.63, 3.8) is 0 Å². The zero-order chi connectivity index (χ0) is 25.1. The molecule has 1 amide bonds. The van der Waals surface area contributed by atoms with Crippen molar-refractivity contribution in [1.82, 2.24) is 14.8 Å². The standard InChI is InChI=1S/C22H20F6N4O3/c1-32-7-11(16(31-32)22(26,27)28)19-8-20(19,14-6-13(33)17(19)35-14)18(34)30-15-5-10(21(23,24)25)4-12(29-15)9-2-3-9/h4-5,7,9,13-14,17,33H,2-3,6,8H2,1H3,(H,29,30,34)/t13-,14+,17-,19+,20+/m0/s1. The lowest BCUT2D eigenvalue weighted by Gasteiger charge is -2.29. The number of hydrogen-bond donors (Lipinski definition) is 2. The molecule has 188 valence electrons. The number of aryl methyl sites for hydroxylation is 1. The van der Waals surface area contributed by atoms with Gasteiger partial charge in [-0.15, -0.1) is 0 Å². The van der Waals surface area contributed by atoms with E-state index in [1.165, 1.54) is 13.2 Å². The molecule has 2 saturated heterocycles. The number of aliphatic hydroxyl groups is 1. The molecular weight excluding hydrogens is 482 g/mol. The quantitative estimate of drug-likeness (QED) is 0.625. The van der Waals surface area contributed by atoms with E-state index in [2.05, 4.69) is 15.4 Å². The van der Waals surface area contributed by atoms with Crippen LogP contribution in [0, 0.1) is 5.41 Å². The van der Waals surface area contributed by atoms with Crippen LogP contribution in [0.1, 0.15) is 54.1 Å². The number of nitrogens with zero attached hydrogens (tertiary/aromatic N) is 3. The second-order valence-electron chi connectivity index (χ2n) is 9.92. The molecule has 0 unspecified atom stereocenters. The van der Waals surface area contributed by atoms with Crippen LogP contribution in [0.4, 0.5) is 32.2 Å². The van der Waals surface area contributed by atoms with Gasteiger partial charge in [-0.3, -0.25) is 9.48 Å². The zero-order valence-corrected chi connectivity index (χ0v) is 18.2. The molecule has 5 atom stereocenters. The van der Waals surface area contributed by atoms with Crippen LogP contribution in [-0.4, -0.2) is 44.1 Å². The Morgan fingerprint density at radius 3 is 2.54 bits per heavy atom. The summed E-state index contributed by atoms with van der Waals surface area (Å²) in [5.74, 6) is -1.22. The first kappa shape index (κ1) is 22.8. The highest BCUT2D eigenvalue weighted by Crippen LogP contribution is 2.78. The van der Waals surface area contributed by atoms with Crippen molar-refractivity contribution in [3.05, 3.63) is 40.8 Å². The predicted molar refractivity (Wildman–Crippen MR) is 106 cm³/mol. The number of pyridine rings is 1. The third-order valence-electron chi connectivity index (χ3n) is 7.77. The Kier molecular flexibility index (Phi) is 4.39. The van der Waals surface area contributed by atoms with Gasteiger partial charge < -0.3 is 15.2 Å². The third kappa shape index (κ3) is 3.09. The van der Waals surface area contributed by atoms with E-state index in [1.54, 1.807) is 0 Å². The number of amides is 1. The van der Waals surface area contributed by atoms with E-state index in [0.717, 1.165) is 16.8 Å². The molecule has 4 aliphatic rings. The van der Waals surface area contributed by atoms with Gasteiger partial charge in [0.05, 0.1) is 29.3 Å². The van der Waals surface area contributed by atoms with E-state index in [1.807, 2.05) is 0 Å². The molecular formula is C22H20F6N4O3. The minimum atomic E-state index is -4.81. The second-order valence-corrected chi connectivity index (χ2v) is 9.92. The van der Waals surface area contributed by atoms with Gasteiger partial charge in [-0.1, -0.05) is 0 Å². The Morgan fingerprint density at radius 1 is 1.20 bits per heavy atom. The first-order chi connectivity index (χ1) is 16.3. The van der Waals surface area contributed by atoms with Crippen LogP contribution in [-0.2, 0) is 34.3 Å². The molecule has 35 heavy (non-hydrogen) atoms. The fraction of sp³-hybridized carbons (Fsp3) is 0.591. The fourth-order valence-electron chi connectivity index (χ4n) is 6.12. The zero-order valence-electron chi connectivity index (χ0n) is 18.2. The average molecular weight is 502 g/mol. The van der Waals surface area contributed by atoms with Gasteiger partial charge >= 0.3 is 12.4 Å². The molecule has 2 aliphatic heterocycles. The first-order valence-electron chi connectivity index (χ1n) is 11.1. The lowest BCUT2D eigenvalue weighted by Crippen LogP contribution is -2.45. The van der Waals surface area contributed by atoms with Crippen LogP contribution in [0.2, 0.25) is 0 Å². The van der Waals surface area contributed by atoms with E-state index in [4.69, 9.17) is 4.74 Å². The number of anilines is 1. The molecule has 4 fully saturated rings. The van der Waals surface area contributed by atoms with Crippen molar-refractivity contribution in [3.8, 4) is 0 Å². The van der Waals surface area contributed by atoms with Gasteiger partial charge in [0.2, 0.25) is 5.91 Å². The summed E-state index contributed by atoms with van der Waals surface area (Å²) in [5, 5.41) is 16.4. The minimum absolute atomic E-state index is 0.0325. The van der Waals surface area contributed by atoms with Crippen molar-refractivity contribution in [2.75, 3.05) is 5.32 Å². The van der Waals surface area contributed by atoms with Crippen molar-refractivity contribution in [2.24, 2.45) is 12.5 Å². The third-order valence-corrected chi connectivity index (χ3v) is 7.77. The van der Waals surface area contributed by atoms with Gasteiger partial charge in [0.25, 0.3) is 0 Å². The maximum absolute atomic E-state index is 13.8. The fourth-order valence-corrected chi connectivity index (χ4v) is 6.12. The maximum Gasteiger partial charge on any atom is 0.435 e. The molecule has 0 radical (unpaired) electrons. The molecule has 0 spiro atoms. The van der Waals surface area contributed by atoms with Crippen LogP contribution >= 0.6 is 0 Å². The number of fused-ring (bicyclic) bond motifs is 5. The van der Waals surface area contributed by atoms with Crippen LogP contribution in [0.15, 0.2) is 18.3 Å². The maximum atomic E-state index is 13.8. The predicted octanol–water partition coefficient (Wildman–Crippen LogP) is 3.53. The van der Waals surface area contributed by atoms with E-state index in [9.17, 15) is 36.2 Å². The molecule has 2 aliphatic carbocycles. The number of aromatic nitrogens is 3. The Balaban J connectivity index is 1.40. The monoisotopic (exact) mass is 502 g/mol. The molecule has 2 aromatic heterocycles. The largest absolute Gasteiger partial charge is 0.435 e. The highest BCUT2D eigenvalue weighted by molar-refractivity contribution is 6.00. The first-order valence-corrected chi connectivity index (χ1v) is 11.1. The smallest absolute Gasteiger partial charge is 0.390 e. The van der Waals surface area contributed by atoms with Gasteiger partial charge in [-0.05, 0) is 31.4 Å². The average Bonchev–Trinajstić information content (AvgIpc) is 3.62. The minimum Gasteiger partial charge on any atom is -0.390 e. The van der Waals surface area contributed by atoms with Crippen molar-refractivity contribution < 1.29 is 41.0 Å². The lowest BCUT2D eigenvalue weighted by atomic mass is 9.73. The molecule has 2 aromatic rings. The second kappa shape index (κ2) is 6.75. The van der Waals surface area contributed by atoms with E-state index < -0.39 is 58.7 Å². The number of rotatable bonds is 4. The van der Waals surface area contributed by atoms with Gasteiger partial charge in [0.15, 0.2) is 5.69 Å². The number of ether oxygens (including phenoxy) is 1. The summed E-state index contributed by atoms with van der Waals surface area (Å²) in [7, 11) is 1.32. The molecule has 0 aromatic carbocycles. The SMILES string of the molecule is Cn1cc([C@@]23C[C@]2(C(=O)Nc2cc(C(F)(F)F)cc(C4CC4)n2)[C@H]2C[C@H](O)[C@@H]3O2)c(C(F)(F)F)n1.